The largest absolute Gasteiger partial charge is 0.462 e. The van der Waals surface area contributed by atoms with Crippen molar-refractivity contribution < 1.29 is 9.47 Å². The average molecular weight is 332 g/mol. The average Bonchev–Trinajstić information content (AvgIpc) is 3.35. The maximum Gasteiger partial charge on any atom is 0.229 e. The molecule has 0 radical (unpaired) electrons. The van der Waals surface area contributed by atoms with Gasteiger partial charge in [0, 0.05) is 23.9 Å². The number of aromatic amines is 1. The standard InChI is InChI=1S/C21H20N2O2/c1-15-7-8-17(19(11-15)21-22-9-10-23-21)18(20-13-24-14-25-20)12-16-5-3-2-4-6-16/h2-11,13,18H,12,14H2,1H3,(H,22,23). The van der Waals surface area contributed by atoms with Crippen LogP contribution in [0.3, 0.4) is 0 Å². The van der Waals surface area contributed by atoms with Crippen LogP contribution in [0.1, 0.15) is 22.6 Å². The highest BCUT2D eigenvalue weighted by atomic mass is 16.7. The van der Waals surface area contributed by atoms with E-state index in [0.717, 1.165) is 23.6 Å². The van der Waals surface area contributed by atoms with Crippen molar-refractivity contribution in [2.45, 2.75) is 19.3 Å². The number of nitrogens with one attached hydrogen (secondary N) is 1. The van der Waals surface area contributed by atoms with Gasteiger partial charge in [-0.25, -0.2) is 4.98 Å². The SMILES string of the molecule is Cc1ccc(C(Cc2ccccc2)C2=COCO2)c(-c2ncc[nH]2)c1. The van der Waals surface area contributed by atoms with Crippen LogP contribution in [0, 0.1) is 6.92 Å². The zero-order chi connectivity index (χ0) is 17.1. The third-order valence-corrected chi connectivity index (χ3v) is 4.46. The molecule has 4 rings (SSSR count). The molecular formula is C21H20N2O2. The molecule has 1 aromatic heterocycles. The molecule has 2 aromatic carbocycles. The van der Waals surface area contributed by atoms with Crippen LogP contribution in [-0.2, 0) is 15.9 Å². The van der Waals surface area contributed by atoms with Crippen molar-refractivity contribution in [2.24, 2.45) is 0 Å². The summed E-state index contributed by atoms with van der Waals surface area (Å²) in [6.07, 6.45) is 6.20. The van der Waals surface area contributed by atoms with E-state index in [0.29, 0.717) is 0 Å². The fourth-order valence-electron chi connectivity index (χ4n) is 3.24. The van der Waals surface area contributed by atoms with Gasteiger partial charge >= 0.3 is 0 Å². The number of allylic oxidation sites excluding steroid dienone is 1. The van der Waals surface area contributed by atoms with E-state index < -0.39 is 0 Å². The summed E-state index contributed by atoms with van der Waals surface area (Å²) in [4.78, 5) is 7.68. The number of hydrogen-bond donors (Lipinski definition) is 1. The Balaban J connectivity index is 1.79. The van der Waals surface area contributed by atoms with Crippen molar-refractivity contribution >= 4 is 0 Å². The second kappa shape index (κ2) is 6.85. The van der Waals surface area contributed by atoms with Crippen LogP contribution in [-0.4, -0.2) is 16.8 Å². The molecular weight excluding hydrogens is 312 g/mol. The van der Waals surface area contributed by atoms with E-state index in [-0.39, 0.29) is 12.7 Å². The monoisotopic (exact) mass is 332 g/mol. The van der Waals surface area contributed by atoms with Crippen LogP contribution in [0.5, 0.6) is 0 Å². The van der Waals surface area contributed by atoms with Crippen LogP contribution in [0.25, 0.3) is 11.4 Å². The first kappa shape index (κ1) is 15.5. The molecule has 0 spiro atoms. The lowest BCUT2D eigenvalue weighted by atomic mass is 9.86. The van der Waals surface area contributed by atoms with Gasteiger partial charge in [-0.15, -0.1) is 0 Å². The minimum absolute atomic E-state index is 0.0746. The number of hydrogen-bond acceptors (Lipinski definition) is 3. The molecule has 1 aliphatic rings. The fraction of sp³-hybridized carbons (Fsp3) is 0.190. The van der Waals surface area contributed by atoms with Gasteiger partial charge in [-0.1, -0.05) is 48.0 Å². The Morgan fingerprint density at radius 2 is 2.04 bits per heavy atom. The lowest BCUT2D eigenvalue weighted by molar-refractivity contribution is 0.0752. The molecule has 4 nitrogen and oxygen atoms in total. The Kier molecular flexibility index (Phi) is 4.25. The lowest BCUT2D eigenvalue weighted by Crippen LogP contribution is -2.09. The smallest absolute Gasteiger partial charge is 0.229 e. The van der Waals surface area contributed by atoms with Gasteiger partial charge in [0.25, 0.3) is 0 Å². The van der Waals surface area contributed by atoms with Crippen LogP contribution in [0.2, 0.25) is 0 Å². The molecule has 1 N–H and O–H groups in total. The quantitative estimate of drug-likeness (QED) is 0.745. The van der Waals surface area contributed by atoms with E-state index in [9.17, 15) is 0 Å². The number of ether oxygens (including phenoxy) is 2. The summed E-state index contributed by atoms with van der Waals surface area (Å²) in [5, 5.41) is 0. The lowest BCUT2D eigenvalue weighted by Gasteiger charge is -2.20. The molecule has 1 unspecified atom stereocenters. The zero-order valence-corrected chi connectivity index (χ0v) is 14.1. The summed E-state index contributed by atoms with van der Waals surface area (Å²) >= 11 is 0. The highest BCUT2D eigenvalue weighted by Crippen LogP contribution is 2.37. The summed E-state index contributed by atoms with van der Waals surface area (Å²) in [5.41, 5.74) is 4.74. The molecule has 3 aromatic rings. The van der Waals surface area contributed by atoms with Crippen molar-refractivity contribution in [1.82, 2.24) is 9.97 Å². The Morgan fingerprint density at radius 1 is 1.16 bits per heavy atom. The van der Waals surface area contributed by atoms with Gasteiger partial charge in [0.15, 0.2) is 0 Å². The molecule has 0 saturated heterocycles. The summed E-state index contributed by atoms with van der Waals surface area (Å²) in [6.45, 7) is 2.37. The molecule has 2 heterocycles. The van der Waals surface area contributed by atoms with E-state index in [4.69, 9.17) is 9.47 Å². The molecule has 0 aliphatic carbocycles. The van der Waals surface area contributed by atoms with Crippen LogP contribution >= 0.6 is 0 Å². The molecule has 1 atom stereocenters. The summed E-state index contributed by atoms with van der Waals surface area (Å²) in [5.74, 6) is 1.81. The molecule has 25 heavy (non-hydrogen) atoms. The van der Waals surface area contributed by atoms with Crippen molar-refractivity contribution in [2.75, 3.05) is 6.79 Å². The van der Waals surface area contributed by atoms with Gasteiger partial charge in [-0.2, -0.15) is 0 Å². The molecule has 0 bridgehead atoms. The molecule has 4 heteroatoms. The first-order chi connectivity index (χ1) is 12.3. The van der Waals surface area contributed by atoms with E-state index in [2.05, 4.69) is 59.4 Å². The van der Waals surface area contributed by atoms with Crippen molar-refractivity contribution in [3.05, 3.63) is 89.6 Å². The van der Waals surface area contributed by atoms with Gasteiger partial charge in [-0.3, -0.25) is 0 Å². The van der Waals surface area contributed by atoms with Gasteiger partial charge in [0.1, 0.15) is 17.8 Å². The van der Waals surface area contributed by atoms with Gasteiger partial charge in [0.2, 0.25) is 6.79 Å². The first-order valence-corrected chi connectivity index (χ1v) is 8.40. The Morgan fingerprint density at radius 3 is 2.76 bits per heavy atom. The summed E-state index contributed by atoms with van der Waals surface area (Å²) in [6, 6.07) is 16.9. The number of aromatic nitrogens is 2. The predicted octanol–water partition coefficient (Wildman–Crippen LogP) is 4.56. The number of aryl methyl sites for hydroxylation is 1. The first-order valence-electron chi connectivity index (χ1n) is 8.40. The number of benzene rings is 2. The second-order valence-electron chi connectivity index (χ2n) is 6.22. The maximum absolute atomic E-state index is 5.75. The van der Waals surface area contributed by atoms with Gasteiger partial charge in [-0.05, 0) is 30.5 Å². The third-order valence-electron chi connectivity index (χ3n) is 4.46. The normalized spacial score (nSPS) is 14.5. The highest BCUT2D eigenvalue weighted by molar-refractivity contribution is 5.63. The number of nitrogens with zero attached hydrogens (tertiary/aromatic N) is 1. The van der Waals surface area contributed by atoms with Crippen LogP contribution in [0.4, 0.5) is 0 Å². The highest BCUT2D eigenvalue weighted by Gasteiger charge is 2.26. The minimum atomic E-state index is 0.0746. The summed E-state index contributed by atoms with van der Waals surface area (Å²) in [7, 11) is 0. The Bertz CT molecular complexity index is 870. The predicted molar refractivity (Wildman–Crippen MR) is 96.8 cm³/mol. The fourth-order valence-corrected chi connectivity index (χ4v) is 3.24. The molecule has 1 aliphatic heterocycles. The number of rotatable bonds is 5. The van der Waals surface area contributed by atoms with E-state index >= 15 is 0 Å². The van der Waals surface area contributed by atoms with Crippen LogP contribution < -0.4 is 0 Å². The van der Waals surface area contributed by atoms with Crippen molar-refractivity contribution in [1.29, 1.82) is 0 Å². The zero-order valence-electron chi connectivity index (χ0n) is 14.1. The minimum Gasteiger partial charge on any atom is -0.462 e. The molecule has 0 saturated carbocycles. The number of H-pyrrole nitrogens is 1. The Labute approximate surface area is 147 Å². The van der Waals surface area contributed by atoms with Crippen LogP contribution in [0.15, 0.2) is 72.9 Å². The van der Waals surface area contributed by atoms with Gasteiger partial charge < -0.3 is 14.5 Å². The number of imidazole rings is 1. The maximum atomic E-state index is 5.75. The Hall–Kier alpha value is -3.01. The van der Waals surface area contributed by atoms with Gasteiger partial charge in [0.05, 0.1) is 0 Å². The third kappa shape index (κ3) is 3.29. The topological polar surface area (TPSA) is 47.1 Å². The molecule has 126 valence electrons. The molecule has 0 fully saturated rings. The molecule has 0 amide bonds. The second-order valence-corrected chi connectivity index (χ2v) is 6.22. The van der Waals surface area contributed by atoms with E-state index in [1.807, 2.05) is 12.3 Å². The van der Waals surface area contributed by atoms with E-state index in [1.165, 1.54) is 16.7 Å². The summed E-state index contributed by atoms with van der Waals surface area (Å²) < 4.78 is 11.1. The van der Waals surface area contributed by atoms with Crippen molar-refractivity contribution in [3.8, 4) is 11.4 Å². The van der Waals surface area contributed by atoms with E-state index in [1.54, 1.807) is 12.5 Å². The van der Waals surface area contributed by atoms with Crippen molar-refractivity contribution in [3.63, 3.8) is 0 Å².